The van der Waals surface area contributed by atoms with Crippen molar-refractivity contribution < 1.29 is 12.8 Å². The first-order valence-electron chi connectivity index (χ1n) is 6.97. The van der Waals surface area contributed by atoms with Crippen LogP contribution in [0.2, 0.25) is 5.02 Å². The smallest absolute Gasteiger partial charge is 0.240 e. The Kier molecular flexibility index (Phi) is 5.24. The number of hydrogen-bond acceptors (Lipinski definition) is 3. The van der Waals surface area contributed by atoms with Crippen molar-refractivity contribution in [2.45, 2.75) is 31.2 Å². The average Bonchev–Trinajstić information content (AvgIpc) is 3.25. The zero-order valence-corrected chi connectivity index (χ0v) is 13.7. The van der Waals surface area contributed by atoms with Gasteiger partial charge in [-0.3, -0.25) is 0 Å². The normalized spacial score (nSPS) is 17.0. The summed E-state index contributed by atoms with van der Waals surface area (Å²) in [5.74, 6) is 0.184. The van der Waals surface area contributed by atoms with E-state index in [4.69, 9.17) is 11.6 Å². The first-order valence-corrected chi connectivity index (χ1v) is 8.83. The van der Waals surface area contributed by atoms with Crippen molar-refractivity contribution in [2.75, 3.05) is 13.6 Å². The fourth-order valence-corrected chi connectivity index (χ4v) is 3.63. The summed E-state index contributed by atoms with van der Waals surface area (Å²) in [5, 5.41) is 2.79. The maximum absolute atomic E-state index is 13.8. The van der Waals surface area contributed by atoms with E-state index >= 15 is 0 Å². The zero-order chi connectivity index (χ0) is 15.6. The molecule has 4 nitrogen and oxygen atoms in total. The molecule has 1 atom stereocenters. The van der Waals surface area contributed by atoms with Gasteiger partial charge in [-0.25, -0.2) is 17.5 Å². The summed E-state index contributed by atoms with van der Waals surface area (Å²) >= 11 is 5.84. The SMILES string of the molecule is CNCc1cc(S(=O)(=O)NCC(C)C2CC2)cc(F)c1Cl. The quantitative estimate of drug-likeness (QED) is 0.805. The van der Waals surface area contributed by atoms with E-state index < -0.39 is 15.8 Å². The van der Waals surface area contributed by atoms with Gasteiger partial charge in [0, 0.05) is 13.1 Å². The Morgan fingerprint density at radius 1 is 1.43 bits per heavy atom. The second kappa shape index (κ2) is 6.60. The molecule has 0 aliphatic heterocycles. The minimum Gasteiger partial charge on any atom is -0.316 e. The average molecular weight is 335 g/mol. The van der Waals surface area contributed by atoms with Gasteiger partial charge in [-0.1, -0.05) is 18.5 Å². The van der Waals surface area contributed by atoms with Gasteiger partial charge in [-0.05, 0) is 49.4 Å². The summed E-state index contributed by atoms with van der Waals surface area (Å²) in [5.41, 5.74) is 0.426. The lowest BCUT2D eigenvalue weighted by atomic mass is 10.1. The van der Waals surface area contributed by atoms with Crippen LogP contribution in [0.15, 0.2) is 17.0 Å². The highest BCUT2D eigenvalue weighted by molar-refractivity contribution is 7.89. The van der Waals surface area contributed by atoms with Gasteiger partial charge in [0.15, 0.2) is 0 Å². The first-order chi connectivity index (χ1) is 9.85. The molecule has 0 bridgehead atoms. The molecule has 1 saturated carbocycles. The topological polar surface area (TPSA) is 58.2 Å². The highest BCUT2D eigenvalue weighted by Crippen LogP contribution is 2.36. The van der Waals surface area contributed by atoms with Crippen LogP contribution in [0.4, 0.5) is 4.39 Å². The van der Waals surface area contributed by atoms with E-state index in [2.05, 4.69) is 10.0 Å². The summed E-state index contributed by atoms with van der Waals surface area (Å²) < 4.78 is 40.8. The molecule has 21 heavy (non-hydrogen) atoms. The third-order valence-corrected chi connectivity index (χ3v) is 5.60. The minimum atomic E-state index is -3.72. The molecular formula is C14H20ClFN2O2S. The van der Waals surface area contributed by atoms with Crippen molar-refractivity contribution in [2.24, 2.45) is 11.8 Å². The van der Waals surface area contributed by atoms with E-state index in [1.54, 1.807) is 7.05 Å². The molecule has 7 heteroatoms. The number of nitrogens with one attached hydrogen (secondary N) is 2. The molecule has 2 rings (SSSR count). The Labute approximate surface area is 130 Å². The highest BCUT2D eigenvalue weighted by Gasteiger charge is 2.29. The molecule has 0 spiro atoms. The Balaban J connectivity index is 2.18. The van der Waals surface area contributed by atoms with Gasteiger partial charge in [0.25, 0.3) is 0 Å². The summed E-state index contributed by atoms with van der Waals surface area (Å²) in [6, 6.07) is 2.37. The minimum absolute atomic E-state index is 0.0466. The van der Waals surface area contributed by atoms with Crippen LogP contribution in [-0.2, 0) is 16.6 Å². The standard InChI is InChI=1S/C14H20ClFN2O2S/c1-9(10-3-4-10)7-18-21(19,20)12-5-11(8-17-2)14(15)13(16)6-12/h5-6,9-10,17-18H,3-4,7-8H2,1-2H3. The Morgan fingerprint density at radius 2 is 2.10 bits per heavy atom. The van der Waals surface area contributed by atoms with Gasteiger partial charge in [0.1, 0.15) is 5.82 Å². The highest BCUT2D eigenvalue weighted by atomic mass is 35.5. The molecule has 1 aromatic rings. The van der Waals surface area contributed by atoms with Crippen LogP contribution in [0.5, 0.6) is 0 Å². The summed E-state index contributed by atoms with van der Waals surface area (Å²) in [6.45, 7) is 2.70. The molecule has 1 aliphatic rings. The van der Waals surface area contributed by atoms with Crippen molar-refractivity contribution >= 4 is 21.6 Å². The van der Waals surface area contributed by atoms with Crippen LogP contribution in [0.3, 0.4) is 0 Å². The largest absolute Gasteiger partial charge is 0.316 e. The van der Waals surface area contributed by atoms with Crippen LogP contribution in [0, 0.1) is 17.7 Å². The lowest BCUT2D eigenvalue weighted by Crippen LogP contribution is -2.29. The van der Waals surface area contributed by atoms with E-state index in [-0.39, 0.29) is 9.92 Å². The molecule has 0 radical (unpaired) electrons. The molecule has 1 fully saturated rings. The van der Waals surface area contributed by atoms with Gasteiger partial charge >= 0.3 is 0 Å². The number of hydrogen-bond donors (Lipinski definition) is 2. The summed E-state index contributed by atoms with van der Waals surface area (Å²) in [6.07, 6.45) is 2.32. The van der Waals surface area contributed by atoms with E-state index in [0.29, 0.717) is 30.5 Å². The van der Waals surface area contributed by atoms with Gasteiger partial charge in [-0.15, -0.1) is 0 Å². The van der Waals surface area contributed by atoms with Crippen molar-refractivity contribution in [3.63, 3.8) is 0 Å². The van der Waals surface area contributed by atoms with E-state index in [0.717, 1.165) is 18.9 Å². The Hall–Kier alpha value is -0.690. The van der Waals surface area contributed by atoms with Crippen molar-refractivity contribution in [1.82, 2.24) is 10.0 Å². The number of rotatable bonds is 7. The third-order valence-electron chi connectivity index (χ3n) is 3.78. The molecule has 2 N–H and O–H groups in total. The molecule has 1 unspecified atom stereocenters. The van der Waals surface area contributed by atoms with Gasteiger partial charge in [-0.2, -0.15) is 0 Å². The molecule has 0 aromatic heterocycles. The monoisotopic (exact) mass is 334 g/mol. The maximum atomic E-state index is 13.8. The molecular weight excluding hydrogens is 315 g/mol. The van der Waals surface area contributed by atoms with E-state index in [9.17, 15) is 12.8 Å². The van der Waals surface area contributed by atoms with E-state index in [1.807, 2.05) is 6.92 Å². The predicted octanol–water partition coefficient (Wildman–Crippen LogP) is 2.52. The molecule has 1 aliphatic carbocycles. The molecule has 0 heterocycles. The van der Waals surface area contributed by atoms with Crippen LogP contribution < -0.4 is 10.0 Å². The van der Waals surface area contributed by atoms with Crippen LogP contribution >= 0.6 is 11.6 Å². The fourth-order valence-electron chi connectivity index (χ4n) is 2.25. The van der Waals surface area contributed by atoms with Crippen LogP contribution in [0.25, 0.3) is 0 Å². The zero-order valence-electron chi connectivity index (χ0n) is 12.1. The summed E-state index contributed by atoms with van der Waals surface area (Å²) in [4.78, 5) is -0.0855. The molecule has 118 valence electrons. The van der Waals surface area contributed by atoms with Crippen molar-refractivity contribution in [3.05, 3.63) is 28.5 Å². The maximum Gasteiger partial charge on any atom is 0.240 e. The number of benzene rings is 1. The van der Waals surface area contributed by atoms with Gasteiger partial charge in [0.2, 0.25) is 10.0 Å². The lowest BCUT2D eigenvalue weighted by molar-refractivity contribution is 0.491. The lowest BCUT2D eigenvalue weighted by Gasteiger charge is -2.13. The predicted molar refractivity (Wildman–Crippen MR) is 81.3 cm³/mol. The number of halogens is 2. The third kappa shape index (κ3) is 4.16. The Morgan fingerprint density at radius 3 is 2.67 bits per heavy atom. The van der Waals surface area contributed by atoms with Crippen LogP contribution in [-0.4, -0.2) is 22.0 Å². The summed E-state index contributed by atoms with van der Waals surface area (Å²) in [7, 11) is -2.03. The molecule has 0 saturated heterocycles. The van der Waals surface area contributed by atoms with Crippen molar-refractivity contribution in [3.8, 4) is 0 Å². The second-order valence-electron chi connectivity index (χ2n) is 5.58. The van der Waals surface area contributed by atoms with Crippen molar-refractivity contribution in [1.29, 1.82) is 0 Å². The first kappa shape index (κ1) is 16.7. The number of sulfonamides is 1. The molecule has 1 aromatic carbocycles. The fraction of sp³-hybridized carbons (Fsp3) is 0.571. The molecule has 0 amide bonds. The second-order valence-corrected chi connectivity index (χ2v) is 7.72. The van der Waals surface area contributed by atoms with Gasteiger partial charge in [0.05, 0.1) is 9.92 Å². The Bertz CT molecular complexity index is 618. The van der Waals surface area contributed by atoms with E-state index in [1.165, 1.54) is 6.07 Å². The van der Waals surface area contributed by atoms with Gasteiger partial charge < -0.3 is 5.32 Å². The van der Waals surface area contributed by atoms with Crippen LogP contribution in [0.1, 0.15) is 25.3 Å².